The molecule has 0 aromatic heterocycles. The monoisotopic (exact) mass is 383 g/mol. The van der Waals surface area contributed by atoms with Gasteiger partial charge < -0.3 is 20.7 Å². The van der Waals surface area contributed by atoms with Gasteiger partial charge in [0.2, 0.25) is 11.8 Å². The van der Waals surface area contributed by atoms with E-state index in [9.17, 15) is 9.59 Å². The van der Waals surface area contributed by atoms with Crippen molar-refractivity contribution in [2.75, 3.05) is 25.0 Å². The molecule has 0 saturated carbocycles. The van der Waals surface area contributed by atoms with Gasteiger partial charge in [0.15, 0.2) is 0 Å². The summed E-state index contributed by atoms with van der Waals surface area (Å²) in [6.45, 7) is 7.66. The predicted octanol–water partition coefficient (Wildman–Crippen LogP) is 2.81. The second kappa shape index (κ2) is 9.78. The van der Waals surface area contributed by atoms with Crippen LogP contribution in [0.15, 0.2) is 24.3 Å². The van der Waals surface area contributed by atoms with Crippen molar-refractivity contribution in [2.45, 2.75) is 46.1 Å². The summed E-state index contributed by atoms with van der Waals surface area (Å²) in [4.78, 5) is 26.8. The lowest BCUT2D eigenvalue weighted by atomic mass is 9.91. The first-order valence-electron chi connectivity index (χ1n) is 8.83. The molecule has 1 unspecified atom stereocenters. The van der Waals surface area contributed by atoms with Crippen molar-refractivity contribution in [2.24, 2.45) is 11.1 Å². The topological polar surface area (TPSA) is 84.7 Å². The fraction of sp³-hybridized carbons (Fsp3) is 0.579. The Balaban J connectivity index is 0.00000338. The highest BCUT2D eigenvalue weighted by molar-refractivity contribution is 5.97. The number of hydrogen-bond donors (Lipinski definition) is 2. The van der Waals surface area contributed by atoms with E-state index in [1.165, 1.54) is 0 Å². The van der Waals surface area contributed by atoms with Crippen LogP contribution in [0.2, 0.25) is 0 Å². The lowest BCUT2D eigenvalue weighted by Crippen LogP contribution is -2.44. The predicted molar refractivity (Wildman–Crippen MR) is 106 cm³/mol. The van der Waals surface area contributed by atoms with Crippen molar-refractivity contribution in [3.63, 3.8) is 0 Å². The van der Waals surface area contributed by atoms with Gasteiger partial charge in [0.1, 0.15) is 18.4 Å². The molecule has 2 amide bonds. The zero-order valence-electron chi connectivity index (χ0n) is 15.8. The molecule has 6 nitrogen and oxygen atoms in total. The van der Waals surface area contributed by atoms with E-state index in [-0.39, 0.29) is 35.7 Å². The minimum atomic E-state index is -0.386. The zero-order chi connectivity index (χ0) is 18.4. The molecule has 3 N–H and O–H groups in total. The van der Waals surface area contributed by atoms with Gasteiger partial charge in [0, 0.05) is 25.2 Å². The van der Waals surface area contributed by atoms with Gasteiger partial charge in [0.05, 0.1) is 0 Å². The van der Waals surface area contributed by atoms with Crippen LogP contribution in [0.1, 0.15) is 40.0 Å². The summed E-state index contributed by atoms with van der Waals surface area (Å²) in [7, 11) is 0. The second-order valence-electron chi connectivity index (χ2n) is 7.63. The van der Waals surface area contributed by atoms with Crippen molar-refractivity contribution in [3.05, 3.63) is 24.3 Å². The van der Waals surface area contributed by atoms with Gasteiger partial charge in [-0.15, -0.1) is 12.4 Å². The highest BCUT2D eigenvalue weighted by Gasteiger charge is 2.35. The summed E-state index contributed by atoms with van der Waals surface area (Å²) in [5.41, 5.74) is 6.01. The maximum atomic E-state index is 12.6. The van der Waals surface area contributed by atoms with E-state index in [1.807, 2.05) is 20.8 Å². The third-order valence-corrected chi connectivity index (χ3v) is 4.07. The number of carbonyl (C=O) groups excluding carboxylic acids is 2. The minimum absolute atomic E-state index is 0. The summed E-state index contributed by atoms with van der Waals surface area (Å²) in [6, 6.07) is 6.79. The molecule has 2 rings (SSSR count). The van der Waals surface area contributed by atoms with Crippen LogP contribution < -0.4 is 15.8 Å². The van der Waals surface area contributed by atoms with Gasteiger partial charge >= 0.3 is 0 Å². The number of halogens is 1. The number of anilines is 1. The number of ether oxygens (including phenoxy) is 1. The molecule has 7 heteroatoms. The van der Waals surface area contributed by atoms with E-state index in [4.69, 9.17) is 10.5 Å². The van der Waals surface area contributed by atoms with Gasteiger partial charge in [-0.2, -0.15) is 0 Å². The molecule has 26 heavy (non-hydrogen) atoms. The Bertz CT molecular complexity index is 599. The summed E-state index contributed by atoms with van der Waals surface area (Å²) < 4.78 is 5.42. The molecule has 1 aliphatic heterocycles. The second-order valence-corrected chi connectivity index (χ2v) is 7.63. The normalized spacial score (nSPS) is 16.8. The summed E-state index contributed by atoms with van der Waals surface area (Å²) >= 11 is 0. The Kier molecular flexibility index (Phi) is 8.37. The number of benzene rings is 1. The van der Waals surface area contributed by atoms with Crippen LogP contribution in [-0.2, 0) is 9.59 Å². The zero-order valence-corrected chi connectivity index (χ0v) is 16.6. The van der Waals surface area contributed by atoms with E-state index in [2.05, 4.69) is 5.32 Å². The van der Waals surface area contributed by atoms with E-state index < -0.39 is 0 Å². The quantitative estimate of drug-likeness (QED) is 0.791. The molecule has 1 aromatic carbocycles. The first-order valence-corrected chi connectivity index (χ1v) is 8.83. The third-order valence-electron chi connectivity index (χ3n) is 4.07. The fourth-order valence-electron chi connectivity index (χ4n) is 2.93. The van der Waals surface area contributed by atoms with Crippen LogP contribution in [0.3, 0.4) is 0 Å². The SMILES string of the molecule is CC(C)(C)CC(=O)N1CCCC1C(=O)Nc1ccc(OCCN)cc1.Cl. The smallest absolute Gasteiger partial charge is 0.247 e. The number of nitrogens with zero attached hydrogens (tertiary/aromatic N) is 1. The summed E-state index contributed by atoms with van der Waals surface area (Å²) in [5.74, 6) is 0.636. The van der Waals surface area contributed by atoms with E-state index >= 15 is 0 Å². The van der Waals surface area contributed by atoms with Gasteiger partial charge in [-0.25, -0.2) is 0 Å². The molecule has 0 radical (unpaired) electrons. The average Bonchev–Trinajstić information content (AvgIpc) is 3.02. The lowest BCUT2D eigenvalue weighted by Gasteiger charge is -2.27. The maximum absolute atomic E-state index is 12.6. The number of carbonyl (C=O) groups is 2. The van der Waals surface area contributed by atoms with E-state index in [1.54, 1.807) is 29.2 Å². The standard InChI is InChI=1S/C19H29N3O3.ClH/c1-19(2,3)13-17(23)22-11-4-5-16(22)18(24)21-14-6-8-15(9-7-14)25-12-10-20;/h6-9,16H,4-5,10-13,20H2,1-3H3,(H,21,24);1H. The van der Waals surface area contributed by atoms with Crippen molar-refractivity contribution in [1.82, 2.24) is 4.90 Å². The lowest BCUT2D eigenvalue weighted by molar-refractivity contribution is -0.138. The number of amides is 2. The van der Waals surface area contributed by atoms with Gasteiger partial charge in [-0.3, -0.25) is 9.59 Å². The van der Waals surface area contributed by atoms with Crippen molar-refractivity contribution in [3.8, 4) is 5.75 Å². The molecule has 1 saturated heterocycles. The summed E-state index contributed by atoms with van der Waals surface area (Å²) in [6.07, 6.45) is 2.02. The number of hydrogen-bond acceptors (Lipinski definition) is 4. The Morgan fingerprint density at radius 1 is 1.27 bits per heavy atom. The molecule has 0 spiro atoms. The minimum Gasteiger partial charge on any atom is -0.492 e. The van der Waals surface area contributed by atoms with Gasteiger partial charge in [-0.1, -0.05) is 20.8 Å². The van der Waals surface area contributed by atoms with Gasteiger partial charge in [0.25, 0.3) is 0 Å². The molecule has 1 fully saturated rings. The first-order chi connectivity index (χ1) is 11.8. The molecule has 1 aliphatic rings. The number of likely N-dealkylation sites (tertiary alicyclic amines) is 1. The van der Waals surface area contributed by atoms with Crippen LogP contribution in [0, 0.1) is 5.41 Å². The fourth-order valence-corrected chi connectivity index (χ4v) is 2.93. The first kappa shape index (κ1) is 22.3. The van der Waals surface area contributed by atoms with Crippen LogP contribution >= 0.6 is 12.4 Å². The highest BCUT2D eigenvalue weighted by Crippen LogP contribution is 2.25. The molecule has 0 bridgehead atoms. The molecule has 1 heterocycles. The van der Waals surface area contributed by atoms with Crippen LogP contribution in [-0.4, -0.2) is 42.5 Å². The average molecular weight is 384 g/mol. The number of nitrogens with two attached hydrogens (primary N) is 1. The van der Waals surface area contributed by atoms with Gasteiger partial charge in [-0.05, 0) is 42.5 Å². The molecule has 1 aromatic rings. The third kappa shape index (κ3) is 6.50. The van der Waals surface area contributed by atoms with Crippen molar-refractivity contribution in [1.29, 1.82) is 0 Å². The van der Waals surface area contributed by atoms with Crippen molar-refractivity contribution < 1.29 is 14.3 Å². The number of rotatable bonds is 6. The Morgan fingerprint density at radius 3 is 2.50 bits per heavy atom. The summed E-state index contributed by atoms with van der Waals surface area (Å²) in [5, 5.41) is 2.90. The van der Waals surface area contributed by atoms with E-state index in [0.717, 1.165) is 6.42 Å². The molecular weight excluding hydrogens is 354 g/mol. The molecule has 146 valence electrons. The maximum Gasteiger partial charge on any atom is 0.247 e. The largest absolute Gasteiger partial charge is 0.492 e. The Morgan fingerprint density at radius 2 is 1.92 bits per heavy atom. The van der Waals surface area contributed by atoms with Crippen LogP contribution in [0.4, 0.5) is 5.69 Å². The van der Waals surface area contributed by atoms with Crippen molar-refractivity contribution >= 4 is 29.9 Å². The highest BCUT2D eigenvalue weighted by atomic mass is 35.5. The molecule has 1 atom stereocenters. The molecular formula is C19H30ClN3O3. The van der Waals surface area contributed by atoms with E-state index in [0.29, 0.717) is 44.0 Å². The van der Waals surface area contributed by atoms with Crippen LogP contribution in [0.25, 0.3) is 0 Å². The molecule has 0 aliphatic carbocycles. The Labute approximate surface area is 161 Å². The Hall–Kier alpha value is -1.79. The van der Waals surface area contributed by atoms with Crippen LogP contribution in [0.5, 0.6) is 5.75 Å². The number of nitrogens with one attached hydrogen (secondary N) is 1.